The Labute approximate surface area is 222 Å². The van der Waals surface area contributed by atoms with Crippen LogP contribution in [-0.2, 0) is 14.3 Å². The van der Waals surface area contributed by atoms with Gasteiger partial charge in [0.15, 0.2) is 5.76 Å². The van der Waals surface area contributed by atoms with E-state index >= 15 is 0 Å². The third-order valence-electron chi connectivity index (χ3n) is 5.59. The molecule has 0 aliphatic carbocycles. The highest BCUT2D eigenvalue weighted by Gasteiger charge is 2.30. The number of thioether (sulfide) groups is 1. The highest BCUT2D eigenvalue weighted by molar-refractivity contribution is 8.02. The zero-order valence-electron chi connectivity index (χ0n) is 21.7. The number of aliphatic carboxylic acids is 1. The number of nitrogens with one attached hydrogen (secondary N) is 1. The molecule has 0 aliphatic heterocycles. The van der Waals surface area contributed by atoms with Crippen molar-refractivity contribution in [2.45, 2.75) is 50.5 Å². The SMILES string of the molecule is C=CC(CC/C=C(\C)CO/C(=C(\N)C(=O)Nc1cc(F)ccc1C)c1ccccc1)SC(C)(C)C(=O)O. The molecule has 0 aliphatic rings. The van der Waals surface area contributed by atoms with Gasteiger partial charge >= 0.3 is 5.97 Å². The lowest BCUT2D eigenvalue weighted by molar-refractivity contribution is -0.138. The minimum atomic E-state index is -0.904. The summed E-state index contributed by atoms with van der Waals surface area (Å²) in [4.78, 5) is 24.3. The molecule has 2 rings (SSSR count). The van der Waals surface area contributed by atoms with Crippen molar-refractivity contribution in [1.29, 1.82) is 0 Å². The summed E-state index contributed by atoms with van der Waals surface area (Å²) in [5, 5.41) is 12.0. The van der Waals surface area contributed by atoms with Crippen LogP contribution in [0.2, 0.25) is 0 Å². The molecule has 8 heteroatoms. The molecule has 1 amide bonds. The number of anilines is 1. The second kappa shape index (κ2) is 13.7. The first-order valence-electron chi connectivity index (χ1n) is 11.9. The number of allylic oxidation sites excluding steroid dienone is 1. The normalized spacial score (nSPS) is 13.4. The summed E-state index contributed by atoms with van der Waals surface area (Å²) in [6.45, 7) is 11.1. The van der Waals surface area contributed by atoms with E-state index < -0.39 is 22.4 Å². The Morgan fingerprint density at radius 2 is 1.92 bits per heavy atom. The maximum absolute atomic E-state index is 13.7. The lowest BCUT2D eigenvalue weighted by Gasteiger charge is -2.23. The first-order chi connectivity index (χ1) is 17.4. The maximum Gasteiger partial charge on any atom is 0.319 e. The summed E-state index contributed by atoms with van der Waals surface area (Å²) in [6, 6.07) is 13.2. The van der Waals surface area contributed by atoms with E-state index in [1.165, 1.54) is 23.9 Å². The van der Waals surface area contributed by atoms with Crippen molar-refractivity contribution in [2.75, 3.05) is 11.9 Å². The highest BCUT2D eigenvalue weighted by atomic mass is 32.2. The second-order valence-corrected chi connectivity index (χ2v) is 11.0. The van der Waals surface area contributed by atoms with Gasteiger partial charge in [-0.1, -0.05) is 48.6 Å². The number of hydrogen-bond acceptors (Lipinski definition) is 5. The van der Waals surface area contributed by atoms with Gasteiger partial charge in [-0.15, -0.1) is 18.3 Å². The summed E-state index contributed by atoms with van der Waals surface area (Å²) >= 11 is 1.36. The number of amides is 1. The number of carbonyl (C=O) groups excluding carboxylic acids is 1. The molecular weight excluding hydrogens is 491 g/mol. The fraction of sp³-hybridized carbons (Fsp3) is 0.310. The van der Waals surface area contributed by atoms with Crippen LogP contribution in [0.5, 0.6) is 0 Å². The fourth-order valence-corrected chi connectivity index (χ4v) is 4.53. The summed E-state index contributed by atoms with van der Waals surface area (Å²) in [7, 11) is 0. The number of carboxylic acid groups (broad SMARTS) is 1. The molecule has 4 N–H and O–H groups in total. The number of hydrogen-bond donors (Lipinski definition) is 3. The summed E-state index contributed by atoms with van der Waals surface area (Å²) in [5.41, 5.74) is 8.69. The molecule has 2 aromatic carbocycles. The standard InChI is InChI=1S/C29H35FN2O4S/c1-6-23(37-29(4,5)28(34)35)14-10-11-19(2)18-36-26(21-12-8-7-9-13-21)25(31)27(33)32-24-17-22(30)16-15-20(24)3/h6-9,11-13,15-17,23H,1,10,14,18,31H2,2-5H3,(H,32,33)(H,34,35)/b19-11+,26-25-. The number of ether oxygens (including phenoxy) is 1. The number of carbonyl (C=O) groups is 2. The molecule has 0 saturated carbocycles. The van der Waals surface area contributed by atoms with Crippen LogP contribution in [0, 0.1) is 12.7 Å². The lowest BCUT2D eigenvalue weighted by Crippen LogP contribution is -2.29. The maximum atomic E-state index is 13.7. The Balaban J connectivity index is 2.13. The highest BCUT2D eigenvalue weighted by Crippen LogP contribution is 2.32. The summed E-state index contributed by atoms with van der Waals surface area (Å²) in [6.07, 6.45) is 5.21. The average Bonchev–Trinajstić information content (AvgIpc) is 2.86. The van der Waals surface area contributed by atoms with E-state index in [1.807, 2.05) is 31.2 Å². The lowest BCUT2D eigenvalue weighted by atomic mass is 10.1. The molecule has 1 unspecified atom stereocenters. The second-order valence-electron chi connectivity index (χ2n) is 9.15. The topological polar surface area (TPSA) is 102 Å². The molecule has 0 heterocycles. The molecule has 0 fully saturated rings. The molecule has 0 bridgehead atoms. The van der Waals surface area contributed by atoms with Crippen LogP contribution in [0.25, 0.3) is 5.76 Å². The van der Waals surface area contributed by atoms with Gasteiger partial charge in [-0.25, -0.2) is 4.39 Å². The monoisotopic (exact) mass is 526 g/mol. The number of nitrogens with two attached hydrogens (primary N) is 1. The van der Waals surface area contributed by atoms with Crippen LogP contribution < -0.4 is 11.1 Å². The van der Waals surface area contributed by atoms with Gasteiger partial charge in [0, 0.05) is 16.5 Å². The molecule has 0 aromatic heterocycles. The first kappa shape index (κ1) is 29.7. The third kappa shape index (κ3) is 9.13. The minimum absolute atomic E-state index is 0.0125. The molecule has 0 radical (unpaired) electrons. The first-order valence-corrected chi connectivity index (χ1v) is 12.8. The van der Waals surface area contributed by atoms with Gasteiger partial charge in [0.1, 0.15) is 22.9 Å². The van der Waals surface area contributed by atoms with E-state index in [4.69, 9.17) is 10.5 Å². The molecule has 6 nitrogen and oxygen atoms in total. The van der Waals surface area contributed by atoms with Gasteiger partial charge in [0.05, 0.1) is 0 Å². The Hall–Kier alpha value is -3.52. The van der Waals surface area contributed by atoms with Crippen molar-refractivity contribution >= 4 is 35.1 Å². The van der Waals surface area contributed by atoms with E-state index in [2.05, 4.69) is 11.9 Å². The van der Waals surface area contributed by atoms with Crippen molar-refractivity contribution in [3.8, 4) is 0 Å². The predicted molar refractivity (Wildman–Crippen MR) is 150 cm³/mol. The van der Waals surface area contributed by atoms with E-state index in [-0.39, 0.29) is 23.3 Å². The Bertz CT molecular complexity index is 1180. The van der Waals surface area contributed by atoms with Crippen molar-refractivity contribution in [2.24, 2.45) is 5.73 Å². The Kier molecular flexibility index (Phi) is 11.0. The smallest absolute Gasteiger partial charge is 0.319 e. The van der Waals surface area contributed by atoms with Crippen LogP contribution in [0.3, 0.4) is 0 Å². The predicted octanol–water partition coefficient (Wildman–Crippen LogP) is 6.29. The largest absolute Gasteiger partial charge is 0.486 e. The van der Waals surface area contributed by atoms with Crippen molar-refractivity contribution in [3.63, 3.8) is 0 Å². The van der Waals surface area contributed by atoms with Crippen LogP contribution in [0.15, 0.2) is 78.5 Å². The van der Waals surface area contributed by atoms with Crippen molar-refractivity contribution < 1.29 is 23.8 Å². The number of aryl methyl sites for hydroxylation is 1. The molecule has 37 heavy (non-hydrogen) atoms. The van der Waals surface area contributed by atoms with Gasteiger partial charge in [0.25, 0.3) is 5.91 Å². The number of benzene rings is 2. The van der Waals surface area contributed by atoms with Gasteiger partial charge in [-0.3, -0.25) is 9.59 Å². The molecule has 198 valence electrons. The Morgan fingerprint density at radius 3 is 2.54 bits per heavy atom. The van der Waals surface area contributed by atoms with Gasteiger partial charge in [0.2, 0.25) is 0 Å². The van der Waals surface area contributed by atoms with E-state index in [0.717, 1.165) is 12.0 Å². The van der Waals surface area contributed by atoms with Crippen LogP contribution >= 0.6 is 11.8 Å². The van der Waals surface area contributed by atoms with Gasteiger partial charge < -0.3 is 20.9 Å². The van der Waals surface area contributed by atoms with Gasteiger partial charge in [-0.2, -0.15) is 0 Å². The average molecular weight is 527 g/mol. The summed E-state index contributed by atoms with van der Waals surface area (Å²) in [5.74, 6) is -1.70. The molecular formula is C29H35FN2O4S. The van der Waals surface area contributed by atoms with Gasteiger partial charge in [-0.05, 0) is 63.8 Å². The quantitative estimate of drug-likeness (QED) is 0.161. The molecule has 0 spiro atoms. The van der Waals surface area contributed by atoms with Crippen LogP contribution in [0.4, 0.5) is 10.1 Å². The summed E-state index contributed by atoms with van der Waals surface area (Å²) < 4.78 is 18.8. The number of carboxylic acids is 1. The molecule has 0 saturated heterocycles. The van der Waals surface area contributed by atoms with Crippen LogP contribution in [0.1, 0.15) is 44.7 Å². The molecule has 2 aromatic rings. The van der Waals surface area contributed by atoms with Crippen molar-refractivity contribution in [3.05, 3.63) is 95.5 Å². The van der Waals surface area contributed by atoms with Crippen LogP contribution in [-0.4, -0.2) is 33.6 Å². The molecule has 1 atom stereocenters. The third-order valence-corrected chi connectivity index (χ3v) is 7.08. The zero-order valence-corrected chi connectivity index (χ0v) is 22.5. The number of halogens is 1. The number of rotatable bonds is 13. The fourth-order valence-electron chi connectivity index (χ4n) is 3.32. The van der Waals surface area contributed by atoms with E-state index in [0.29, 0.717) is 23.2 Å². The Morgan fingerprint density at radius 1 is 1.24 bits per heavy atom. The minimum Gasteiger partial charge on any atom is -0.486 e. The van der Waals surface area contributed by atoms with Crippen molar-refractivity contribution in [1.82, 2.24) is 0 Å². The van der Waals surface area contributed by atoms with E-state index in [1.54, 1.807) is 45.0 Å². The zero-order chi connectivity index (χ0) is 27.6. The van der Waals surface area contributed by atoms with E-state index in [9.17, 15) is 19.1 Å².